The predicted octanol–water partition coefficient (Wildman–Crippen LogP) is 1.30. The van der Waals surface area contributed by atoms with Gasteiger partial charge < -0.3 is 19.7 Å². The van der Waals surface area contributed by atoms with Gasteiger partial charge in [-0.3, -0.25) is 14.4 Å². The third kappa shape index (κ3) is 7.03. The second kappa shape index (κ2) is 11.6. The van der Waals surface area contributed by atoms with Crippen molar-refractivity contribution < 1.29 is 32.3 Å². The predicted molar refractivity (Wildman–Crippen MR) is 125 cm³/mol. The van der Waals surface area contributed by atoms with Crippen LogP contribution in [0.5, 0.6) is 11.5 Å². The number of amides is 2. The van der Waals surface area contributed by atoms with E-state index in [0.717, 1.165) is 4.31 Å². The number of hydrogen-bond donors (Lipinski definition) is 1. The highest BCUT2D eigenvalue weighted by atomic mass is 32.2. The molecule has 2 rings (SSSR count). The number of methoxy groups -OCH3 is 1. The first kappa shape index (κ1) is 26.8. The van der Waals surface area contributed by atoms with Crippen molar-refractivity contribution in [1.82, 2.24) is 14.5 Å². The second-order valence-electron chi connectivity index (χ2n) is 7.68. The van der Waals surface area contributed by atoms with Crippen molar-refractivity contribution in [3.8, 4) is 11.5 Å². The van der Waals surface area contributed by atoms with Crippen molar-refractivity contribution in [2.24, 2.45) is 0 Å². The van der Waals surface area contributed by atoms with E-state index in [1.807, 2.05) is 0 Å². The largest absolute Gasteiger partial charge is 0.493 e. The van der Waals surface area contributed by atoms with Gasteiger partial charge in [0.15, 0.2) is 23.9 Å². The summed E-state index contributed by atoms with van der Waals surface area (Å²) in [4.78, 5) is 36.8. The Balaban J connectivity index is 1.97. The molecule has 0 heterocycles. The van der Waals surface area contributed by atoms with E-state index in [2.05, 4.69) is 5.32 Å². The fraction of sp³-hybridized carbons (Fsp3) is 0.348. The molecule has 0 spiro atoms. The number of ketones is 1. The fourth-order valence-electron chi connectivity index (χ4n) is 2.80. The lowest BCUT2D eigenvalue weighted by Gasteiger charge is -2.17. The molecular formula is C23H29N3O7S. The number of hydrogen-bond acceptors (Lipinski definition) is 7. The third-order valence-electron chi connectivity index (χ3n) is 4.90. The van der Waals surface area contributed by atoms with Crippen molar-refractivity contribution >= 4 is 27.6 Å². The summed E-state index contributed by atoms with van der Waals surface area (Å²) in [6.45, 7) is 0.995. The van der Waals surface area contributed by atoms with Gasteiger partial charge in [-0.25, -0.2) is 8.42 Å². The van der Waals surface area contributed by atoms with Gasteiger partial charge in [-0.2, -0.15) is 4.31 Å². The average molecular weight is 492 g/mol. The number of ether oxygens (including phenoxy) is 2. The molecule has 0 radical (unpaired) electrons. The van der Waals surface area contributed by atoms with E-state index in [9.17, 15) is 22.8 Å². The maximum atomic E-state index is 12.7. The molecule has 0 unspecified atom stereocenters. The molecule has 11 heteroatoms. The molecule has 1 N–H and O–H groups in total. The molecule has 0 atom stereocenters. The molecule has 0 saturated heterocycles. The molecule has 0 bridgehead atoms. The van der Waals surface area contributed by atoms with Crippen LogP contribution in [0.25, 0.3) is 0 Å². The van der Waals surface area contributed by atoms with Crippen molar-refractivity contribution in [3.05, 3.63) is 53.6 Å². The standard InChI is InChI=1S/C23H29N3O7S/c1-16(27)18-7-9-19(10-8-18)34(30,31)26(4)14-22(28)24-13-17-6-11-20(21(12-17)32-5)33-15-23(29)25(2)3/h6-12H,13-15H2,1-5H3,(H,24,28). The number of likely N-dealkylation sites (N-methyl/N-ethyl adjacent to an activating group) is 2. The van der Waals surface area contributed by atoms with Crippen LogP contribution in [0.1, 0.15) is 22.8 Å². The minimum atomic E-state index is -3.90. The van der Waals surface area contributed by atoms with Crippen LogP contribution in [0.2, 0.25) is 0 Å². The number of carbonyl (C=O) groups excluding carboxylic acids is 3. The number of carbonyl (C=O) groups is 3. The normalized spacial score (nSPS) is 11.1. The Morgan fingerprint density at radius 1 is 0.971 bits per heavy atom. The van der Waals surface area contributed by atoms with Crippen LogP contribution in [0.15, 0.2) is 47.4 Å². The van der Waals surface area contributed by atoms with Gasteiger partial charge in [-0.05, 0) is 36.8 Å². The van der Waals surface area contributed by atoms with E-state index in [1.165, 1.54) is 50.2 Å². The van der Waals surface area contributed by atoms with Crippen LogP contribution in [0.3, 0.4) is 0 Å². The molecule has 184 valence electrons. The zero-order chi connectivity index (χ0) is 25.5. The molecular weight excluding hydrogens is 462 g/mol. The molecule has 0 aromatic heterocycles. The van der Waals surface area contributed by atoms with Gasteiger partial charge in [0.25, 0.3) is 5.91 Å². The van der Waals surface area contributed by atoms with Crippen LogP contribution in [-0.4, -0.2) is 76.6 Å². The minimum Gasteiger partial charge on any atom is -0.493 e. The van der Waals surface area contributed by atoms with Crippen molar-refractivity contribution in [2.75, 3.05) is 41.4 Å². The van der Waals surface area contributed by atoms with Crippen molar-refractivity contribution in [3.63, 3.8) is 0 Å². The Hall–Kier alpha value is -3.44. The zero-order valence-corrected chi connectivity index (χ0v) is 20.6. The Labute approximate surface area is 199 Å². The van der Waals surface area contributed by atoms with Gasteiger partial charge >= 0.3 is 0 Å². The summed E-state index contributed by atoms with van der Waals surface area (Å²) < 4.78 is 37.1. The highest BCUT2D eigenvalue weighted by molar-refractivity contribution is 7.89. The Morgan fingerprint density at radius 3 is 2.18 bits per heavy atom. The van der Waals surface area contributed by atoms with Crippen LogP contribution in [0.4, 0.5) is 0 Å². The number of nitrogens with one attached hydrogen (secondary N) is 1. The summed E-state index contributed by atoms with van der Waals surface area (Å²) >= 11 is 0. The van der Waals surface area contributed by atoms with E-state index in [-0.39, 0.29) is 36.3 Å². The van der Waals surface area contributed by atoms with Gasteiger partial charge in [0, 0.05) is 33.3 Å². The molecule has 10 nitrogen and oxygen atoms in total. The summed E-state index contributed by atoms with van der Waals surface area (Å²) in [6.07, 6.45) is 0. The lowest BCUT2D eigenvalue weighted by Crippen LogP contribution is -2.38. The molecule has 0 aliphatic rings. The van der Waals surface area contributed by atoms with E-state index in [0.29, 0.717) is 22.6 Å². The van der Waals surface area contributed by atoms with Gasteiger partial charge in [0.2, 0.25) is 15.9 Å². The van der Waals surface area contributed by atoms with Crippen LogP contribution >= 0.6 is 0 Å². The SMILES string of the molecule is COc1cc(CNC(=O)CN(C)S(=O)(=O)c2ccc(C(C)=O)cc2)ccc1OCC(=O)N(C)C. The second-order valence-corrected chi connectivity index (χ2v) is 9.73. The van der Waals surface area contributed by atoms with E-state index >= 15 is 0 Å². The molecule has 2 amide bonds. The summed E-state index contributed by atoms with van der Waals surface area (Å²) in [5.74, 6) is -0.0917. The van der Waals surface area contributed by atoms with Gasteiger partial charge in [0.1, 0.15) is 0 Å². The molecule has 0 fully saturated rings. The van der Waals surface area contributed by atoms with Crippen molar-refractivity contribution in [1.29, 1.82) is 0 Å². The molecule has 34 heavy (non-hydrogen) atoms. The number of rotatable bonds is 11. The lowest BCUT2D eigenvalue weighted by atomic mass is 10.2. The van der Waals surface area contributed by atoms with Crippen LogP contribution in [-0.2, 0) is 26.2 Å². The van der Waals surface area contributed by atoms with Gasteiger partial charge in [-0.1, -0.05) is 18.2 Å². The first-order valence-electron chi connectivity index (χ1n) is 10.3. The smallest absolute Gasteiger partial charge is 0.259 e. The fourth-order valence-corrected chi connectivity index (χ4v) is 3.92. The van der Waals surface area contributed by atoms with Crippen LogP contribution < -0.4 is 14.8 Å². The molecule has 0 aliphatic heterocycles. The molecule has 0 aliphatic carbocycles. The summed E-state index contributed by atoms with van der Waals surface area (Å²) in [6, 6.07) is 10.5. The van der Waals surface area contributed by atoms with Gasteiger partial charge in [0.05, 0.1) is 18.6 Å². The number of Topliss-reactive ketones (excluding diaryl/α,β-unsaturated/α-hetero) is 1. The number of nitrogens with zero attached hydrogens (tertiary/aromatic N) is 2. The Morgan fingerprint density at radius 2 is 1.62 bits per heavy atom. The Kier molecular flexibility index (Phi) is 9.16. The summed E-state index contributed by atoms with van der Waals surface area (Å²) in [5.41, 5.74) is 1.09. The van der Waals surface area contributed by atoms with Gasteiger partial charge in [-0.15, -0.1) is 0 Å². The molecule has 2 aromatic rings. The average Bonchev–Trinajstić information content (AvgIpc) is 2.81. The first-order chi connectivity index (χ1) is 15.9. The lowest BCUT2D eigenvalue weighted by molar-refractivity contribution is -0.130. The summed E-state index contributed by atoms with van der Waals surface area (Å²) in [5, 5.41) is 2.67. The molecule has 2 aromatic carbocycles. The topological polar surface area (TPSA) is 122 Å². The monoisotopic (exact) mass is 491 g/mol. The van der Waals surface area contributed by atoms with E-state index in [4.69, 9.17) is 9.47 Å². The highest BCUT2D eigenvalue weighted by Gasteiger charge is 2.23. The highest BCUT2D eigenvalue weighted by Crippen LogP contribution is 2.28. The zero-order valence-electron chi connectivity index (χ0n) is 19.8. The Bertz CT molecular complexity index is 1150. The number of sulfonamides is 1. The number of benzene rings is 2. The van der Waals surface area contributed by atoms with E-state index < -0.39 is 15.9 Å². The maximum Gasteiger partial charge on any atom is 0.259 e. The minimum absolute atomic E-state index is 0.0131. The van der Waals surface area contributed by atoms with Crippen LogP contribution in [0, 0.1) is 0 Å². The first-order valence-corrected chi connectivity index (χ1v) is 11.7. The maximum absolute atomic E-state index is 12.7. The summed E-state index contributed by atoms with van der Waals surface area (Å²) in [7, 11) is 2.11. The quantitative estimate of drug-likeness (QED) is 0.470. The molecule has 0 saturated carbocycles. The third-order valence-corrected chi connectivity index (χ3v) is 6.72. The van der Waals surface area contributed by atoms with E-state index in [1.54, 1.807) is 32.3 Å². The van der Waals surface area contributed by atoms with Crippen molar-refractivity contribution in [2.45, 2.75) is 18.4 Å².